The predicted molar refractivity (Wildman–Crippen MR) is 79.5 cm³/mol. The van der Waals surface area contributed by atoms with E-state index in [1.165, 1.54) is 5.56 Å². The first kappa shape index (κ1) is 15.1. The van der Waals surface area contributed by atoms with E-state index in [1.54, 1.807) is 14.2 Å². The van der Waals surface area contributed by atoms with Gasteiger partial charge in [0, 0.05) is 19.3 Å². The topological polar surface area (TPSA) is 39.7 Å². The van der Waals surface area contributed by atoms with Crippen LogP contribution >= 0.6 is 0 Å². The lowest BCUT2D eigenvalue weighted by Crippen LogP contribution is -2.32. The Labute approximate surface area is 121 Å². The van der Waals surface area contributed by atoms with Gasteiger partial charge in [-0.25, -0.2) is 0 Å². The minimum Gasteiger partial charge on any atom is -0.493 e. The van der Waals surface area contributed by atoms with E-state index in [4.69, 9.17) is 14.2 Å². The lowest BCUT2D eigenvalue weighted by Gasteiger charge is -2.31. The molecule has 0 saturated carbocycles. The third kappa shape index (κ3) is 3.44. The summed E-state index contributed by atoms with van der Waals surface area (Å²) in [6.07, 6.45) is 2.21. The molecule has 1 aliphatic rings. The van der Waals surface area contributed by atoms with Gasteiger partial charge in [-0.3, -0.25) is 0 Å². The molecule has 4 heteroatoms. The van der Waals surface area contributed by atoms with Crippen molar-refractivity contribution in [1.82, 2.24) is 5.32 Å². The molecule has 1 fully saturated rings. The lowest BCUT2D eigenvalue weighted by atomic mass is 9.87. The molecular formula is C16H25NO3. The van der Waals surface area contributed by atoms with Gasteiger partial charge in [0.05, 0.1) is 14.2 Å². The van der Waals surface area contributed by atoms with Crippen LogP contribution in [0.15, 0.2) is 18.2 Å². The molecule has 1 N–H and O–H groups in total. The van der Waals surface area contributed by atoms with Crippen molar-refractivity contribution in [3.63, 3.8) is 0 Å². The molecule has 0 aromatic heterocycles. The largest absolute Gasteiger partial charge is 0.493 e. The molecule has 112 valence electrons. The molecule has 0 radical (unpaired) electrons. The minimum atomic E-state index is 0.351. The summed E-state index contributed by atoms with van der Waals surface area (Å²) in [5.74, 6) is 2.18. The number of benzene rings is 1. The Morgan fingerprint density at radius 1 is 1.20 bits per heavy atom. The van der Waals surface area contributed by atoms with Gasteiger partial charge in [0.2, 0.25) is 0 Å². The second-order valence-corrected chi connectivity index (χ2v) is 5.10. The lowest BCUT2D eigenvalue weighted by molar-refractivity contribution is 0.0538. The third-order valence-electron chi connectivity index (χ3n) is 3.93. The van der Waals surface area contributed by atoms with Crippen LogP contribution in [0, 0.1) is 5.92 Å². The van der Waals surface area contributed by atoms with E-state index in [1.807, 2.05) is 6.07 Å². The van der Waals surface area contributed by atoms with E-state index in [-0.39, 0.29) is 0 Å². The Bertz CT molecular complexity index is 416. The zero-order chi connectivity index (χ0) is 14.4. The van der Waals surface area contributed by atoms with E-state index in [9.17, 15) is 0 Å². The van der Waals surface area contributed by atoms with Crippen LogP contribution in [-0.4, -0.2) is 34.0 Å². The first-order valence-electron chi connectivity index (χ1n) is 7.33. The Kier molecular flexibility index (Phi) is 5.68. The first-order valence-corrected chi connectivity index (χ1v) is 7.33. The van der Waals surface area contributed by atoms with Gasteiger partial charge in [0.15, 0.2) is 11.5 Å². The summed E-state index contributed by atoms with van der Waals surface area (Å²) in [5, 5.41) is 3.61. The summed E-state index contributed by atoms with van der Waals surface area (Å²) < 4.78 is 16.2. The molecule has 2 rings (SSSR count). The van der Waals surface area contributed by atoms with Crippen molar-refractivity contribution in [3.05, 3.63) is 23.8 Å². The molecule has 1 aromatic carbocycles. The fraction of sp³-hybridized carbons (Fsp3) is 0.625. The second kappa shape index (κ2) is 7.50. The van der Waals surface area contributed by atoms with Crippen LogP contribution in [0.3, 0.4) is 0 Å². The highest BCUT2D eigenvalue weighted by Gasteiger charge is 2.25. The van der Waals surface area contributed by atoms with Crippen molar-refractivity contribution >= 4 is 0 Å². The molecule has 1 heterocycles. The number of rotatable bonds is 6. The van der Waals surface area contributed by atoms with Gasteiger partial charge in [-0.15, -0.1) is 0 Å². The highest BCUT2D eigenvalue weighted by Crippen LogP contribution is 2.35. The fourth-order valence-electron chi connectivity index (χ4n) is 2.87. The van der Waals surface area contributed by atoms with E-state index in [2.05, 4.69) is 24.4 Å². The quantitative estimate of drug-likeness (QED) is 0.869. The molecular weight excluding hydrogens is 254 g/mol. The third-order valence-corrected chi connectivity index (χ3v) is 3.93. The number of ether oxygens (including phenoxy) is 3. The van der Waals surface area contributed by atoms with E-state index in [0.717, 1.165) is 44.1 Å². The van der Waals surface area contributed by atoms with Gasteiger partial charge in [0.1, 0.15) is 0 Å². The van der Waals surface area contributed by atoms with Crippen molar-refractivity contribution in [2.75, 3.05) is 34.0 Å². The van der Waals surface area contributed by atoms with Crippen LogP contribution in [0.5, 0.6) is 11.5 Å². The Hall–Kier alpha value is -1.26. The Morgan fingerprint density at radius 3 is 2.50 bits per heavy atom. The smallest absolute Gasteiger partial charge is 0.161 e. The summed E-state index contributed by atoms with van der Waals surface area (Å²) in [4.78, 5) is 0. The van der Waals surface area contributed by atoms with E-state index < -0.39 is 0 Å². The predicted octanol–water partition coefficient (Wildman–Crippen LogP) is 2.78. The summed E-state index contributed by atoms with van der Waals surface area (Å²) >= 11 is 0. The molecule has 0 amide bonds. The van der Waals surface area contributed by atoms with Crippen molar-refractivity contribution in [1.29, 1.82) is 0 Å². The van der Waals surface area contributed by atoms with Gasteiger partial charge in [-0.1, -0.05) is 13.0 Å². The zero-order valence-electron chi connectivity index (χ0n) is 12.6. The van der Waals surface area contributed by atoms with Gasteiger partial charge in [-0.2, -0.15) is 0 Å². The van der Waals surface area contributed by atoms with Crippen LogP contribution in [0.4, 0.5) is 0 Å². The standard InChI is InChI=1S/C16H25NO3/c1-4-17-16(12-7-9-20-10-8-12)13-5-6-14(18-2)15(11-13)19-3/h5-6,11-12,16-17H,4,7-10H2,1-3H3. The average Bonchev–Trinajstić information content (AvgIpc) is 2.52. The number of hydrogen-bond donors (Lipinski definition) is 1. The maximum Gasteiger partial charge on any atom is 0.161 e. The first-order chi connectivity index (χ1) is 9.80. The molecule has 0 aliphatic carbocycles. The van der Waals surface area contributed by atoms with Crippen molar-refractivity contribution < 1.29 is 14.2 Å². The van der Waals surface area contributed by atoms with Crippen molar-refractivity contribution in [2.24, 2.45) is 5.92 Å². The SMILES string of the molecule is CCNC(c1ccc(OC)c(OC)c1)C1CCOCC1. The summed E-state index contributed by atoms with van der Waals surface area (Å²) in [6, 6.07) is 6.55. The summed E-state index contributed by atoms with van der Waals surface area (Å²) in [5.41, 5.74) is 1.26. The molecule has 4 nitrogen and oxygen atoms in total. The highest BCUT2D eigenvalue weighted by molar-refractivity contribution is 5.44. The van der Waals surface area contributed by atoms with Gasteiger partial charge in [-0.05, 0) is 43.0 Å². The molecule has 1 aliphatic heterocycles. The normalized spacial score (nSPS) is 17.8. The van der Waals surface area contributed by atoms with Gasteiger partial charge < -0.3 is 19.5 Å². The fourth-order valence-corrected chi connectivity index (χ4v) is 2.87. The second-order valence-electron chi connectivity index (χ2n) is 5.10. The van der Waals surface area contributed by atoms with Crippen LogP contribution in [0.1, 0.15) is 31.4 Å². The van der Waals surface area contributed by atoms with Gasteiger partial charge in [0.25, 0.3) is 0 Å². The molecule has 20 heavy (non-hydrogen) atoms. The molecule has 1 saturated heterocycles. The molecule has 1 aromatic rings. The number of hydrogen-bond acceptors (Lipinski definition) is 4. The molecule has 0 spiro atoms. The Balaban J connectivity index is 2.23. The Morgan fingerprint density at radius 2 is 1.90 bits per heavy atom. The highest BCUT2D eigenvalue weighted by atomic mass is 16.5. The summed E-state index contributed by atoms with van der Waals surface area (Å²) in [6.45, 7) is 4.82. The maximum atomic E-state index is 5.47. The van der Waals surface area contributed by atoms with E-state index >= 15 is 0 Å². The van der Waals surface area contributed by atoms with Crippen LogP contribution in [-0.2, 0) is 4.74 Å². The maximum absolute atomic E-state index is 5.47. The zero-order valence-corrected chi connectivity index (χ0v) is 12.6. The average molecular weight is 279 g/mol. The van der Waals surface area contributed by atoms with Crippen LogP contribution in [0.25, 0.3) is 0 Å². The monoisotopic (exact) mass is 279 g/mol. The number of methoxy groups -OCH3 is 2. The van der Waals surface area contributed by atoms with Crippen LogP contribution in [0.2, 0.25) is 0 Å². The summed E-state index contributed by atoms with van der Waals surface area (Å²) in [7, 11) is 3.34. The van der Waals surface area contributed by atoms with E-state index in [0.29, 0.717) is 12.0 Å². The number of nitrogens with one attached hydrogen (secondary N) is 1. The minimum absolute atomic E-state index is 0.351. The molecule has 0 bridgehead atoms. The van der Waals surface area contributed by atoms with Gasteiger partial charge >= 0.3 is 0 Å². The van der Waals surface area contributed by atoms with Crippen molar-refractivity contribution in [2.45, 2.75) is 25.8 Å². The molecule has 1 unspecified atom stereocenters. The molecule has 1 atom stereocenters. The van der Waals surface area contributed by atoms with Crippen LogP contribution < -0.4 is 14.8 Å². The van der Waals surface area contributed by atoms with Crippen molar-refractivity contribution in [3.8, 4) is 11.5 Å².